The van der Waals surface area contributed by atoms with Crippen LogP contribution >= 0.6 is 0 Å². The molecule has 1 radical (unpaired) electrons. The lowest BCUT2D eigenvalue weighted by Gasteiger charge is -2.33. The van der Waals surface area contributed by atoms with Gasteiger partial charge in [0.25, 0.3) is 0 Å². The molecule has 0 N–H and O–H groups in total. The van der Waals surface area contributed by atoms with Gasteiger partial charge in [0, 0.05) is 37.9 Å². The van der Waals surface area contributed by atoms with Gasteiger partial charge < -0.3 is 9.80 Å². The van der Waals surface area contributed by atoms with Crippen LogP contribution in [0.3, 0.4) is 0 Å². The van der Waals surface area contributed by atoms with Gasteiger partial charge in [0.2, 0.25) is 6.29 Å². The molecule has 4 heteroatoms. The lowest BCUT2D eigenvalue weighted by Crippen LogP contribution is -2.44. The number of nitrogens with zero attached hydrogens (tertiary/aromatic N) is 3. The predicted molar refractivity (Wildman–Crippen MR) is 58.7 cm³/mol. The third-order valence-corrected chi connectivity index (χ3v) is 2.69. The minimum Gasteiger partial charge on any atom is -0.354 e. The minimum atomic E-state index is 0.507. The van der Waals surface area contributed by atoms with Gasteiger partial charge in [-0.2, -0.15) is 0 Å². The van der Waals surface area contributed by atoms with Crippen LogP contribution in [0.1, 0.15) is 5.56 Å². The first-order valence-electron chi connectivity index (χ1n) is 5.07. The van der Waals surface area contributed by atoms with Crippen molar-refractivity contribution < 1.29 is 4.79 Å². The van der Waals surface area contributed by atoms with Crippen molar-refractivity contribution in [1.82, 2.24) is 9.88 Å². The van der Waals surface area contributed by atoms with Crippen molar-refractivity contribution in [2.75, 3.05) is 38.1 Å². The Hall–Kier alpha value is -1.42. The molecule has 1 aliphatic rings. The van der Waals surface area contributed by atoms with Crippen molar-refractivity contribution in [3.8, 4) is 0 Å². The molecule has 4 nitrogen and oxygen atoms in total. The van der Waals surface area contributed by atoms with Crippen molar-refractivity contribution in [1.29, 1.82) is 0 Å². The molecule has 1 aromatic heterocycles. The maximum atomic E-state index is 10.4. The fourth-order valence-corrected chi connectivity index (χ4v) is 1.67. The fraction of sp³-hybridized carbons (Fsp3) is 0.455. The second-order valence-electron chi connectivity index (χ2n) is 3.80. The molecule has 1 aliphatic heterocycles. The summed E-state index contributed by atoms with van der Waals surface area (Å²) >= 11 is 0. The Morgan fingerprint density at radius 3 is 2.53 bits per heavy atom. The summed E-state index contributed by atoms with van der Waals surface area (Å²) in [6, 6.07) is 3.64. The zero-order valence-corrected chi connectivity index (χ0v) is 8.81. The van der Waals surface area contributed by atoms with Gasteiger partial charge in [-0.3, -0.25) is 4.79 Å². The van der Waals surface area contributed by atoms with Crippen molar-refractivity contribution >= 4 is 12.1 Å². The predicted octanol–water partition coefficient (Wildman–Crippen LogP) is 0.291. The van der Waals surface area contributed by atoms with Crippen LogP contribution in [0.25, 0.3) is 0 Å². The number of pyridine rings is 1. The van der Waals surface area contributed by atoms with Gasteiger partial charge in [-0.25, -0.2) is 4.98 Å². The van der Waals surface area contributed by atoms with E-state index in [9.17, 15) is 4.79 Å². The van der Waals surface area contributed by atoms with Crippen LogP contribution in [0.5, 0.6) is 0 Å². The summed E-state index contributed by atoms with van der Waals surface area (Å²) in [5.41, 5.74) is 0.507. The highest BCUT2D eigenvalue weighted by atomic mass is 16.1. The van der Waals surface area contributed by atoms with E-state index in [2.05, 4.69) is 21.8 Å². The number of likely N-dealkylation sites (N-methyl/N-ethyl adjacent to an activating group) is 1. The lowest BCUT2D eigenvalue weighted by molar-refractivity contribution is 0.312. The molecule has 0 amide bonds. The van der Waals surface area contributed by atoms with Gasteiger partial charge in [0.15, 0.2) is 0 Å². The van der Waals surface area contributed by atoms with Crippen LogP contribution in [0.15, 0.2) is 18.3 Å². The number of aromatic nitrogens is 1. The molecular weight excluding hydrogens is 190 g/mol. The molecule has 0 aromatic carbocycles. The summed E-state index contributed by atoms with van der Waals surface area (Å²) in [5, 5.41) is 0. The summed E-state index contributed by atoms with van der Waals surface area (Å²) in [4.78, 5) is 19.1. The first kappa shape index (κ1) is 10.1. The monoisotopic (exact) mass is 204 g/mol. The average Bonchev–Trinajstić information content (AvgIpc) is 2.30. The average molecular weight is 204 g/mol. The van der Waals surface area contributed by atoms with Crippen molar-refractivity contribution in [3.05, 3.63) is 23.9 Å². The third kappa shape index (κ3) is 2.33. The number of hydrogen-bond donors (Lipinski definition) is 0. The van der Waals surface area contributed by atoms with E-state index in [0.717, 1.165) is 32.0 Å². The zero-order chi connectivity index (χ0) is 10.7. The molecule has 79 valence electrons. The first-order valence-corrected chi connectivity index (χ1v) is 5.07. The van der Waals surface area contributed by atoms with E-state index in [4.69, 9.17) is 0 Å². The Kier molecular flexibility index (Phi) is 2.97. The molecule has 1 aromatic rings. The molecule has 15 heavy (non-hydrogen) atoms. The van der Waals surface area contributed by atoms with Gasteiger partial charge in [0.05, 0.1) is 0 Å². The van der Waals surface area contributed by atoms with Gasteiger partial charge in [0.1, 0.15) is 5.82 Å². The molecule has 2 heterocycles. The highest BCUT2D eigenvalue weighted by Crippen LogP contribution is 2.12. The second kappa shape index (κ2) is 4.40. The Morgan fingerprint density at radius 2 is 2.00 bits per heavy atom. The minimum absolute atomic E-state index is 0.507. The lowest BCUT2D eigenvalue weighted by atomic mass is 10.3. The Morgan fingerprint density at radius 1 is 1.27 bits per heavy atom. The van der Waals surface area contributed by atoms with Crippen LogP contribution in [-0.4, -0.2) is 49.4 Å². The number of rotatable bonds is 2. The Labute approximate surface area is 89.5 Å². The summed E-state index contributed by atoms with van der Waals surface area (Å²) in [6.07, 6.45) is 3.39. The highest BCUT2D eigenvalue weighted by Gasteiger charge is 2.14. The molecule has 1 saturated heterocycles. The highest BCUT2D eigenvalue weighted by molar-refractivity contribution is 5.75. The van der Waals surface area contributed by atoms with E-state index < -0.39 is 0 Å². The van der Waals surface area contributed by atoms with E-state index >= 15 is 0 Å². The van der Waals surface area contributed by atoms with Crippen LogP contribution in [-0.2, 0) is 4.79 Å². The van der Waals surface area contributed by atoms with Gasteiger partial charge in [-0.05, 0) is 19.2 Å². The maximum Gasteiger partial charge on any atom is 0.235 e. The molecule has 1 fully saturated rings. The van der Waals surface area contributed by atoms with E-state index in [-0.39, 0.29) is 0 Å². The summed E-state index contributed by atoms with van der Waals surface area (Å²) in [7, 11) is 2.12. The van der Waals surface area contributed by atoms with Crippen molar-refractivity contribution in [2.45, 2.75) is 0 Å². The number of anilines is 1. The zero-order valence-electron chi connectivity index (χ0n) is 8.81. The molecule has 0 atom stereocenters. The first-order chi connectivity index (χ1) is 7.29. The molecule has 0 saturated carbocycles. The molecule has 0 aliphatic carbocycles. The largest absolute Gasteiger partial charge is 0.354 e. The van der Waals surface area contributed by atoms with Crippen molar-refractivity contribution in [2.24, 2.45) is 0 Å². The third-order valence-electron chi connectivity index (χ3n) is 2.69. The Bertz CT molecular complexity index is 328. The fourth-order valence-electron chi connectivity index (χ4n) is 1.67. The van der Waals surface area contributed by atoms with Crippen LogP contribution in [0.2, 0.25) is 0 Å². The van der Waals surface area contributed by atoms with Crippen LogP contribution < -0.4 is 4.90 Å². The van der Waals surface area contributed by atoms with Crippen LogP contribution in [0, 0.1) is 0 Å². The summed E-state index contributed by atoms with van der Waals surface area (Å²) < 4.78 is 0. The van der Waals surface area contributed by atoms with Crippen LogP contribution in [0.4, 0.5) is 5.82 Å². The smallest absolute Gasteiger partial charge is 0.235 e. The summed E-state index contributed by atoms with van der Waals surface area (Å²) in [5.74, 6) is 0.946. The van der Waals surface area contributed by atoms with Gasteiger partial charge >= 0.3 is 0 Å². The summed E-state index contributed by atoms with van der Waals surface area (Å²) in [6.45, 7) is 4.10. The standard InChI is InChI=1S/C11H14N3O/c1-13-4-6-14(7-5-13)11-3-2-10(9-15)8-12-11/h2-3,8H,4-7H2,1H3. The second-order valence-corrected chi connectivity index (χ2v) is 3.80. The normalized spacial score (nSPS) is 17.8. The van der Waals surface area contributed by atoms with Gasteiger partial charge in [-0.15, -0.1) is 0 Å². The molecule has 0 spiro atoms. The van der Waals surface area contributed by atoms with E-state index in [1.54, 1.807) is 12.3 Å². The number of hydrogen-bond acceptors (Lipinski definition) is 4. The maximum absolute atomic E-state index is 10.4. The molecular formula is C11H14N3O. The SMILES string of the molecule is CN1CCN(c2ccc([C]=O)cn2)CC1. The molecule has 2 rings (SSSR count). The number of carbonyl (C=O) groups excluding carboxylic acids is 1. The van der Waals surface area contributed by atoms with Crippen molar-refractivity contribution in [3.63, 3.8) is 0 Å². The Balaban J connectivity index is 2.06. The molecule has 0 unspecified atom stereocenters. The van der Waals surface area contributed by atoms with E-state index in [1.807, 2.05) is 12.4 Å². The van der Waals surface area contributed by atoms with E-state index in [0.29, 0.717) is 5.56 Å². The quantitative estimate of drug-likeness (QED) is 0.694. The molecule has 0 bridgehead atoms. The topological polar surface area (TPSA) is 36.4 Å². The number of piperazine rings is 1. The van der Waals surface area contributed by atoms with E-state index in [1.165, 1.54) is 0 Å². The van der Waals surface area contributed by atoms with Gasteiger partial charge in [-0.1, -0.05) is 0 Å².